The van der Waals surface area contributed by atoms with Crippen LogP contribution in [0.3, 0.4) is 0 Å². The van der Waals surface area contributed by atoms with Gasteiger partial charge in [-0.3, -0.25) is 14.5 Å². The molecule has 1 aromatic carbocycles. The van der Waals surface area contributed by atoms with Gasteiger partial charge in [-0.25, -0.2) is 0 Å². The third-order valence-electron chi connectivity index (χ3n) is 2.71. The molecule has 1 aliphatic rings. The second kappa shape index (κ2) is 4.84. The maximum atomic E-state index is 12.0. The van der Waals surface area contributed by atoms with E-state index in [0.29, 0.717) is 17.7 Å². The number of hydrogen-bond donors (Lipinski definition) is 0. The molecule has 1 aliphatic heterocycles. The van der Waals surface area contributed by atoms with Crippen LogP contribution >= 0.6 is 15.9 Å². The Morgan fingerprint density at radius 3 is 2.18 bits per heavy atom. The highest BCUT2D eigenvalue weighted by Gasteiger charge is 2.34. The lowest BCUT2D eigenvalue weighted by Gasteiger charge is -2.12. The van der Waals surface area contributed by atoms with Crippen LogP contribution in [0.15, 0.2) is 35.3 Å². The lowest BCUT2D eigenvalue weighted by Crippen LogP contribution is -2.30. The highest BCUT2D eigenvalue weighted by molar-refractivity contribution is 9.11. The second-order valence-electron chi connectivity index (χ2n) is 3.93. The quantitative estimate of drug-likeness (QED) is 0.801. The molecule has 0 radical (unpaired) electrons. The number of amides is 2. The summed E-state index contributed by atoms with van der Waals surface area (Å²) in [4.78, 5) is 25.2. The Morgan fingerprint density at radius 1 is 1.18 bits per heavy atom. The monoisotopic (exact) mass is 293 g/mol. The molecule has 3 nitrogen and oxygen atoms in total. The van der Waals surface area contributed by atoms with Crippen molar-refractivity contribution in [1.82, 2.24) is 4.90 Å². The molecular weight excluding hydrogens is 282 g/mol. The van der Waals surface area contributed by atoms with Crippen molar-refractivity contribution in [3.05, 3.63) is 46.5 Å². The second-order valence-corrected chi connectivity index (χ2v) is 5.05. The van der Waals surface area contributed by atoms with Crippen LogP contribution < -0.4 is 0 Å². The molecule has 0 unspecified atom stereocenters. The van der Waals surface area contributed by atoms with E-state index in [4.69, 9.17) is 0 Å². The largest absolute Gasteiger partial charge is 0.274 e. The Bertz CT molecular complexity index is 461. The molecule has 2 amide bonds. The van der Waals surface area contributed by atoms with Crippen molar-refractivity contribution in [2.75, 3.05) is 6.54 Å². The van der Waals surface area contributed by atoms with Crippen LogP contribution in [0, 0.1) is 0 Å². The number of carbonyl (C=O) groups excluding carboxylic acids is 2. The van der Waals surface area contributed by atoms with Gasteiger partial charge in [-0.15, -0.1) is 0 Å². The fourth-order valence-electron chi connectivity index (χ4n) is 1.87. The summed E-state index contributed by atoms with van der Waals surface area (Å²) in [5.74, 6) is -0.378. The summed E-state index contributed by atoms with van der Waals surface area (Å²) in [6, 6.07) is 6.93. The van der Waals surface area contributed by atoms with Gasteiger partial charge in [-0.1, -0.05) is 34.6 Å². The number of imide groups is 1. The van der Waals surface area contributed by atoms with E-state index in [2.05, 4.69) is 22.5 Å². The van der Waals surface area contributed by atoms with Crippen LogP contribution in [0.2, 0.25) is 0 Å². The predicted octanol–water partition coefficient (Wildman–Crippen LogP) is 2.97. The first-order chi connectivity index (χ1) is 8.11. The molecule has 0 aliphatic carbocycles. The normalized spacial score (nSPS) is 14.1. The van der Waals surface area contributed by atoms with Gasteiger partial charge in [-0.2, -0.15) is 0 Å². The van der Waals surface area contributed by atoms with E-state index in [9.17, 15) is 9.59 Å². The molecule has 0 saturated carbocycles. The van der Waals surface area contributed by atoms with E-state index >= 15 is 0 Å². The molecule has 1 heterocycles. The molecule has 0 fully saturated rings. The van der Waals surface area contributed by atoms with Gasteiger partial charge in [0.05, 0.1) is 11.1 Å². The summed E-state index contributed by atoms with van der Waals surface area (Å²) >= 11 is 3.26. The lowest BCUT2D eigenvalue weighted by atomic mass is 10.1. The van der Waals surface area contributed by atoms with Gasteiger partial charge in [0.2, 0.25) is 0 Å². The highest BCUT2D eigenvalue weighted by atomic mass is 79.9. The summed E-state index contributed by atoms with van der Waals surface area (Å²) in [5.41, 5.74) is 1.02. The molecule has 0 spiro atoms. The summed E-state index contributed by atoms with van der Waals surface area (Å²) in [5, 5.41) is 0. The maximum Gasteiger partial charge on any atom is 0.261 e. The fraction of sp³-hybridized carbons (Fsp3) is 0.231. The third-order valence-corrected chi connectivity index (χ3v) is 3.10. The van der Waals surface area contributed by atoms with Gasteiger partial charge in [0, 0.05) is 6.54 Å². The number of fused-ring (bicyclic) bond motifs is 1. The fourth-order valence-corrected chi connectivity index (χ4v) is 2.15. The molecule has 2 rings (SSSR count). The van der Waals surface area contributed by atoms with Crippen LogP contribution in [0.4, 0.5) is 0 Å². The van der Waals surface area contributed by atoms with Crippen molar-refractivity contribution in [3.63, 3.8) is 0 Å². The van der Waals surface area contributed by atoms with E-state index in [0.717, 1.165) is 17.3 Å². The smallest absolute Gasteiger partial charge is 0.261 e. The van der Waals surface area contributed by atoms with Gasteiger partial charge in [0.25, 0.3) is 11.8 Å². The maximum absolute atomic E-state index is 12.0. The Kier molecular flexibility index (Phi) is 3.43. The summed E-state index contributed by atoms with van der Waals surface area (Å²) < 4.78 is 0.883. The molecule has 0 N–H and O–H groups in total. The van der Waals surface area contributed by atoms with Crippen molar-refractivity contribution in [3.8, 4) is 0 Å². The summed E-state index contributed by atoms with van der Waals surface area (Å²) in [6.07, 6.45) is 1.49. The highest BCUT2D eigenvalue weighted by Crippen LogP contribution is 2.23. The molecule has 0 saturated heterocycles. The average Bonchev–Trinajstić information content (AvgIpc) is 2.54. The van der Waals surface area contributed by atoms with Crippen molar-refractivity contribution in [2.24, 2.45) is 0 Å². The minimum absolute atomic E-state index is 0.189. The minimum atomic E-state index is -0.189. The van der Waals surface area contributed by atoms with Gasteiger partial charge < -0.3 is 0 Å². The molecule has 4 heteroatoms. The zero-order chi connectivity index (χ0) is 12.4. The average molecular weight is 294 g/mol. The Morgan fingerprint density at radius 2 is 1.71 bits per heavy atom. The van der Waals surface area contributed by atoms with E-state index in [1.54, 1.807) is 24.3 Å². The zero-order valence-electron chi connectivity index (χ0n) is 9.28. The Labute approximate surface area is 108 Å². The topological polar surface area (TPSA) is 37.4 Å². The predicted molar refractivity (Wildman–Crippen MR) is 69.1 cm³/mol. The summed E-state index contributed by atoms with van der Waals surface area (Å²) in [6.45, 7) is 4.17. The van der Waals surface area contributed by atoms with Crippen LogP contribution in [0.5, 0.6) is 0 Å². The number of carbonyl (C=O) groups is 2. The van der Waals surface area contributed by atoms with Crippen molar-refractivity contribution in [1.29, 1.82) is 0 Å². The van der Waals surface area contributed by atoms with Crippen molar-refractivity contribution in [2.45, 2.75) is 12.8 Å². The van der Waals surface area contributed by atoms with Gasteiger partial charge in [0.1, 0.15) is 0 Å². The molecule has 88 valence electrons. The number of halogens is 1. The van der Waals surface area contributed by atoms with E-state index in [1.807, 2.05) is 0 Å². The van der Waals surface area contributed by atoms with Crippen LogP contribution in [-0.2, 0) is 0 Å². The number of allylic oxidation sites excluding steroid dienone is 1. The van der Waals surface area contributed by atoms with Gasteiger partial charge in [0.15, 0.2) is 0 Å². The van der Waals surface area contributed by atoms with E-state index in [1.165, 1.54) is 4.90 Å². The molecular formula is C13H12BrNO2. The molecule has 0 bridgehead atoms. The van der Waals surface area contributed by atoms with Crippen molar-refractivity contribution < 1.29 is 9.59 Å². The molecule has 0 atom stereocenters. The van der Waals surface area contributed by atoms with E-state index in [-0.39, 0.29) is 11.8 Å². The lowest BCUT2D eigenvalue weighted by molar-refractivity contribution is 0.0653. The first kappa shape index (κ1) is 12.0. The number of hydrogen-bond acceptors (Lipinski definition) is 2. The number of rotatable bonds is 4. The van der Waals surface area contributed by atoms with Crippen LogP contribution in [0.25, 0.3) is 0 Å². The van der Waals surface area contributed by atoms with Crippen molar-refractivity contribution >= 4 is 27.7 Å². The van der Waals surface area contributed by atoms with Crippen LogP contribution in [0.1, 0.15) is 33.6 Å². The molecule has 0 aromatic heterocycles. The SMILES string of the molecule is C=C(Br)CCCN1C(=O)c2ccccc2C1=O. The Hall–Kier alpha value is -1.42. The third kappa shape index (κ3) is 2.31. The first-order valence-corrected chi connectivity index (χ1v) is 6.19. The first-order valence-electron chi connectivity index (χ1n) is 5.40. The van der Waals surface area contributed by atoms with E-state index < -0.39 is 0 Å². The molecule has 17 heavy (non-hydrogen) atoms. The number of benzene rings is 1. The zero-order valence-corrected chi connectivity index (χ0v) is 10.9. The van der Waals surface area contributed by atoms with Gasteiger partial charge in [-0.05, 0) is 29.5 Å². The number of nitrogens with zero attached hydrogens (tertiary/aromatic N) is 1. The minimum Gasteiger partial charge on any atom is -0.274 e. The van der Waals surface area contributed by atoms with Gasteiger partial charge >= 0.3 is 0 Å². The standard InChI is InChI=1S/C13H12BrNO2/c1-9(14)5-4-8-15-12(16)10-6-2-3-7-11(10)13(15)17/h2-3,6-7H,1,4-5,8H2. The summed E-state index contributed by atoms with van der Waals surface area (Å²) in [7, 11) is 0. The molecule has 1 aromatic rings. The Balaban J connectivity index is 2.11. The van der Waals surface area contributed by atoms with Crippen LogP contribution in [-0.4, -0.2) is 23.3 Å².